The molecular formula is C7H13O5S-. The number of hydrogen-bond acceptors (Lipinski definition) is 5. The van der Waals surface area contributed by atoms with Crippen molar-refractivity contribution < 1.29 is 22.5 Å². The van der Waals surface area contributed by atoms with Gasteiger partial charge < -0.3 is 13.5 Å². The van der Waals surface area contributed by atoms with E-state index in [0.29, 0.717) is 6.61 Å². The molecule has 0 aliphatic carbocycles. The van der Waals surface area contributed by atoms with Crippen molar-refractivity contribution in [3.05, 3.63) is 0 Å². The zero-order chi connectivity index (χ0) is 10.1. The van der Waals surface area contributed by atoms with Crippen molar-refractivity contribution in [3.63, 3.8) is 0 Å². The largest absolute Gasteiger partial charge is 0.750 e. The molecule has 0 aromatic carbocycles. The molecule has 5 nitrogen and oxygen atoms in total. The van der Waals surface area contributed by atoms with E-state index in [0.717, 1.165) is 12.8 Å². The summed E-state index contributed by atoms with van der Waals surface area (Å²) in [4.78, 5) is 10.8. The Morgan fingerprint density at radius 3 is 2.69 bits per heavy atom. The Morgan fingerprint density at radius 2 is 2.15 bits per heavy atom. The van der Waals surface area contributed by atoms with Gasteiger partial charge in [-0.05, 0) is 6.42 Å². The van der Waals surface area contributed by atoms with Crippen LogP contribution in [0.5, 0.6) is 0 Å². The van der Waals surface area contributed by atoms with Gasteiger partial charge >= 0.3 is 5.97 Å². The fraction of sp³-hybridized carbons (Fsp3) is 0.857. The maximum atomic E-state index is 10.8. The topological polar surface area (TPSA) is 75.7 Å². The molecule has 13 heavy (non-hydrogen) atoms. The van der Waals surface area contributed by atoms with E-state index in [-0.39, 0.29) is 13.0 Å². The predicted molar refractivity (Wildman–Crippen MR) is 45.4 cm³/mol. The molecule has 78 valence electrons. The highest BCUT2D eigenvalue weighted by molar-refractivity contribution is 7.74. The van der Waals surface area contributed by atoms with Gasteiger partial charge in [-0.3, -0.25) is 4.79 Å². The van der Waals surface area contributed by atoms with Crippen LogP contribution < -0.4 is 0 Å². The van der Waals surface area contributed by atoms with Gasteiger partial charge in [0.25, 0.3) is 0 Å². The van der Waals surface area contributed by atoms with Gasteiger partial charge in [0.15, 0.2) is 0 Å². The second-order valence-corrected chi connectivity index (χ2v) is 2.99. The molecule has 0 spiro atoms. The van der Waals surface area contributed by atoms with Crippen LogP contribution in [0.1, 0.15) is 26.2 Å². The van der Waals surface area contributed by atoms with E-state index in [1.165, 1.54) is 0 Å². The van der Waals surface area contributed by atoms with Crippen molar-refractivity contribution in [3.8, 4) is 0 Å². The first-order valence-electron chi connectivity index (χ1n) is 4.05. The van der Waals surface area contributed by atoms with Crippen LogP contribution in [0.4, 0.5) is 0 Å². The molecule has 0 bridgehead atoms. The summed E-state index contributed by atoms with van der Waals surface area (Å²) < 4.78 is 28.6. The Hall–Kier alpha value is -0.460. The third kappa shape index (κ3) is 9.45. The Bertz CT molecular complexity index is 170. The highest BCUT2D eigenvalue weighted by Crippen LogP contribution is 1.93. The Morgan fingerprint density at radius 1 is 1.46 bits per heavy atom. The predicted octanol–water partition coefficient (Wildman–Crippen LogP) is 0.531. The molecule has 0 saturated heterocycles. The van der Waals surface area contributed by atoms with Crippen molar-refractivity contribution in [2.75, 3.05) is 13.2 Å². The highest BCUT2D eigenvalue weighted by Gasteiger charge is 2.01. The second kappa shape index (κ2) is 8.15. The zero-order valence-corrected chi connectivity index (χ0v) is 8.30. The van der Waals surface area contributed by atoms with Gasteiger partial charge in [0.1, 0.15) is 0 Å². The van der Waals surface area contributed by atoms with E-state index < -0.39 is 17.3 Å². The van der Waals surface area contributed by atoms with Gasteiger partial charge in [0.05, 0.1) is 31.0 Å². The quantitative estimate of drug-likeness (QED) is 0.347. The van der Waals surface area contributed by atoms with Crippen LogP contribution in [0.2, 0.25) is 0 Å². The second-order valence-electron chi connectivity index (χ2n) is 2.35. The molecule has 0 aliphatic heterocycles. The first-order chi connectivity index (χ1) is 6.16. The number of unbranched alkanes of at least 4 members (excludes halogenated alkanes) is 1. The van der Waals surface area contributed by atoms with E-state index in [1.807, 2.05) is 6.92 Å². The van der Waals surface area contributed by atoms with E-state index in [2.05, 4.69) is 4.18 Å². The minimum atomic E-state index is -2.55. The van der Waals surface area contributed by atoms with Crippen LogP contribution in [0.25, 0.3) is 0 Å². The minimum absolute atomic E-state index is 0.0301. The van der Waals surface area contributed by atoms with Crippen molar-refractivity contribution >= 4 is 17.3 Å². The lowest BCUT2D eigenvalue weighted by Crippen LogP contribution is -2.09. The van der Waals surface area contributed by atoms with Crippen molar-refractivity contribution in [2.24, 2.45) is 0 Å². The average molecular weight is 209 g/mol. The average Bonchev–Trinajstić information content (AvgIpc) is 2.04. The van der Waals surface area contributed by atoms with Crippen molar-refractivity contribution in [2.45, 2.75) is 26.2 Å². The number of ether oxygens (including phenoxy) is 1. The number of carbonyl (C=O) groups excluding carboxylic acids is 1. The third-order valence-electron chi connectivity index (χ3n) is 1.25. The molecular weight excluding hydrogens is 196 g/mol. The maximum Gasteiger partial charge on any atom is 0.308 e. The molecule has 6 heteroatoms. The summed E-state index contributed by atoms with van der Waals surface area (Å²) in [5.74, 6) is -0.432. The molecule has 0 amide bonds. The van der Waals surface area contributed by atoms with Crippen molar-refractivity contribution in [1.82, 2.24) is 0 Å². The van der Waals surface area contributed by atoms with Crippen LogP contribution in [-0.2, 0) is 25.1 Å². The van der Waals surface area contributed by atoms with Gasteiger partial charge in [-0.1, -0.05) is 13.3 Å². The van der Waals surface area contributed by atoms with Gasteiger partial charge in [-0.25, -0.2) is 4.21 Å². The standard InChI is InChI=1S/C7H14O5S/c1-2-3-5-11-7(8)4-6-12-13(9)10/h2-6H2,1H3,(H,9,10)/p-1. The first-order valence-corrected chi connectivity index (χ1v) is 5.05. The van der Waals surface area contributed by atoms with Crippen LogP contribution in [0.3, 0.4) is 0 Å². The minimum Gasteiger partial charge on any atom is -0.750 e. The lowest BCUT2D eigenvalue weighted by Gasteiger charge is -2.05. The molecule has 0 radical (unpaired) electrons. The monoisotopic (exact) mass is 209 g/mol. The zero-order valence-electron chi connectivity index (χ0n) is 7.49. The summed E-state index contributed by atoms with van der Waals surface area (Å²) in [5.41, 5.74) is 0. The van der Waals surface area contributed by atoms with Crippen molar-refractivity contribution in [1.29, 1.82) is 0 Å². The highest BCUT2D eigenvalue weighted by atomic mass is 32.2. The third-order valence-corrected chi connectivity index (χ3v) is 1.61. The summed E-state index contributed by atoms with van der Waals surface area (Å²) in [6, 6.07) is 0. The number of esters is 1. The summed E-state index contributed by atoms with van der Waals surface area (Å²) in [7, 11) is 0. The molecule has 1 unspecified atom stereocenters. The van der Waals surface area contributed by atoms with Gasteiger partial charge in [0, 0.05) is 0 Å². The Labute approximate surface area is 79.9 Å². The van der Waals surface area contributed by atoms with Gasteiger partial charge in [0.2, 0.25) is 0 Å². The van der Waals surface area contributed by atoms with Crippen LogP contribution in [0.15, 0.2) is 0 Å². The summed E-state index contributed by atoms with van der Waals surface area (Å²) in [5, 5.41) is 0. The molecule has 0 rings (SSSR count). The Balaban J connectivity index is 3.25. The smallest absolute Gasteiger partial charge is 0.308 e. The van der Waals surface area contributed by atoms with Gasteiger partial charge in [-0.2, -0.15) is 0 Å². The molecule has 0 aliphatic rings. The van der Waals surface area contributed by atoms with E-state index in [1.54, 1.807) is 0 Å². The molecule has 0 N–H and O–H groups in total. The molecule has 0 aromatic rings. The lowest BCUT2D eigenvalue weighted by molar-refractivity contribution is -0.144. The molecule has 0 saturated carbocycles. The summed E-state index contributed by atoms with van der Waals surface area (Å²) in [6.07, 6.45) is 1.74. The maximum absolute atomic E-state index is 10.8. The summed E-state index contributed by atoms with van der Waals surface area (Å²) >= 11 is -2.55. The fourth-order valence-corrected chi connectivity index (χ4v) is 0.815. The number of hydrogen-bond donors (Lipinski definition) is 0. The number of carbonyl (C=O) groups is 1. The molecule has 0 aromatic heterocycles. The van der Waals surface area contributed by atoms with Gasteiger partial charge in [-0.15, -0.1) is 0 Å². The van der Waals surface area contributed by atoms with E-state index in [9.17, 15) is 13.6 Å². The van der Waals surface area contributed by atoms with Crippen LogP contribution in [0, 0.1) is 0 Å². The molecule has 0 heterocycles. The Kier molecular flexibility index (Phi) is 7.86. The normalized spacial score (nSPS) is 12.5. The van der Waals surface area contributed by atoms with E-state index in [4.69, 9.17) is 4.74 Å². The first kappa shape index (κ1) is 12.5. The van der Waals surface area contributed by atoms with E-state index >= 15 is 0 Å². The fourth-order valence-electron chi connectivity index (χ4n) is 0.596. The summed E-state index contributed by atoms with van der Waals surface area (Å²) in [6.45, 7) is 2.22. The molecule has 0 fully saturated rings. The number of rotatable bonds is 7. The lowest BCUT2D eigenvalue weighted by atomic mass is 10.4. The SMILES string of the molecule is CCCCOC(=O)CCOS(=O)[O-]. The van der Waals surface area contributed by atoms with Crippen LogP contribution >= 0.6 is 0 Å². The molecule has 1 atom stereocenters. The van der Waals surface area contributed by atoms with Crippen LogP contribution in [-0.4, -0.2) is 27.9 Å².